The lowest BCUT2D eigenvalue weighted by Gasteiger charge is -2.18. The SMILES string of the molecule is C/C(CCc1ccc(Cl)c(Cl)c1)=N/[S+]([O-])C(C)(C)C. The van der Waals surface area contributed by atoms with Gasteiger partial charge in [0.25, 0.3) is 0 Å². The highest BCUT2D eigenvalue weighted by atomic mass is 35.5. The van der Waals surface area contributed by atoms with Crippen molar-refractivity contribution in [2.45, 2.75) is 45.3 Å². The normalized spacial score (nSPS) is 14.6. The van der Waals surface area contributed by atoms with Crippen LogP contribution in [0.4, 0.5) is 0 Å². The Morgan fingerprint density at radius 3 is 2.42 bits per heavy atom. The molecular weight excluding hydrogens is 301 g/mol. The molecule has 1 aromatic rings. The zero-order chi connectivity index (χ0) is 14.6. The number of benzene rings is 1. The van der Waals surface area contributed by atoms with E-state index in [0.29, 0.717) is 10.0 Å². The predicted octanol–water partition coefficient (Wildman–Crippen LogP) is 4.85. The zero-order valence-electron chi connectivity index (χ0n) is 11.7. The van der Waals surface area contributed by atoms with Crippen molar-refractivity contribution in [1.82, 2.24) is 0 Å². The summed E-state index contributed by atoms with van der Waals surface area (Å²) in [6, 6.07) is 5.60. The number of rotatable bonds is 4. The summed E-state index contributed by atoms with van der Waals surface area (Å²) in [4.78, 5) is 0. The molecule has 0 spiro atoms. The summed E-state index contributed by atoms with van der Waals surface area (Å²) in [6.45, 7) is 7.65. The molecule has 0 heterocycles. The highest BCUT2D eigenvalue weighted by Gasteiger charge is 2.26. The minimum absolute atomic E-state index is 0.315. The molecular formula is C14H19Cl2NOS. The summed E-state index contributed by atoms with van der Waals surface area (Å²) in [5, 5.41) is 1.12. The summed E-state index contributed by atoms with van der Waals surface area (Å²) < 4.78 is 15.8. The summed E-state index contributed by atoms with van der Waals surface area (Å²) in [5.74, 6) is 0. The van der Waals surface area contributed by atoms with Crippen LogP contribution in [0.25, 0.3) is 0 Å². The Morgan fingerprint density at radius 1 is 1.26 bits per heavy atom. The van der Waals surface area contributed by atoms with Crippen LogP contribution < -0.4 is 0 Å². The molecule has 1 atom stereocenters. The summed E-state index contributed by atoms with van der Waals surface area (Å²) >= 11 is 10.6. The molecule has 19 heavy (non-hydrogen) atoms. The molecule has 2 nitrogen and oxygen atoms in total. The van der Waals surface area contributed by atoms with E-state index in [1.807, 2.05) is 39.8 Å². The first-order valence-corrected chi connectivity index (χ1v) is 7.96. The fourth-order valence-corrected chi connectivity index (χ4v) is 2.31. The largest absolute Gasteiger partial charge is 0.591 e. The van der Waals surface area contributed by atoms with Crippen molar-refractivity contribution < 1.29 is 4.55 Å². The van der Waals surface area contributed by atoms with Gasteiger partial charge in [-0.1, -0.05) is 33.7 Å². The van der Waals surface area contributed by atoms with E-state index in [-0.39, 0.29) is 4.75 Å². The fourth-order valence-electron chi connectivity index (χ4n) is 1.34. The van der Waals surface area contributed by atoms with E-state index in [0.717, 1.165) is 24.1 Å². The lowest BCUT2D eigenvalue weighted by molar-refractivity contribution is 0.561. The molecule has 0 amide bonds. The van der Waals surface area contributed by atoms with Gasteiger partial charge in [0.05, 0.1) is 15.8 Å². The van der Waals surface area contributed by atoms with Crippen molar-refractivity contribution in [1.29, 1.82) is 0 Å². The molecule has 0 saturated heterocycles. The molecule has 0 aromatic heterocycles. The number of hydrogen-bond donors (Lipinski definition) is 0. The van der Waals surface area contributed by atoms with Crippen molar-refractivity contribution in [3.05, 3.63) is 33.8 Å². The Labute approximate surface area is 128 Å². The van der Waals surface area contributed by atoms with Crippen LogP contribution in [0.3, 0.4) is 0 Å². The fraction of sp³-hybridized carbons (Fsp3) is 0.500. The minimum atomic E-state index is -1.19. The third-order valence-electron chi connectivity index (χ3n) is 2.52. The second-order valence-electron chi connectivity index (χ2n) is 5.44. The first kappa shape index (κ1) is 16.8. The number of halogens is 2. The zero-order valence-corrected chi connectivity index (χ0v) is 14.0. The second-order valence-corrected chi connectivity index (χ2v) is 8.16. The van der Waals surface area contributed by atoms with E-state index < -0.39 is 11.4 Å². The average molecular weight is 320 g/mol. The standard InChI is InChI=1S/C14H19Cl2NOS/c1-10(17-19(18)14(2,3)4)5-6-11-7-8-12(15)13(16)9-11/h7-9H,5-6H2,1-4H3/b17-10-. The maximum Gasteiger partial charge on any atom is 0.144 e. The first-order valence-electron chi connectivity index (χ1n) is 6.10. The van der Waals surface area contributed by atoms with Crippen LogP contribution in [0.15, 0.2) is 22.6 Å². The van der Waals surface area contributed by atoms with Crippen LogP contribution in [0.1, 0.15) is 39.7 Å². The minimum Gasteiger partial charge on any atom is -0.591 e. The van der Waals surface area contributed by atoms with Gasteiger partial charge in [-0.2, -0.15) is 0 Å². The maximum atomic E-state index is 11.9. The van der Waals surface area contributed by atoms with Gasteiger partial charge in [-0.3, -0.25) is 0 Å². The number of nitrogens with zero attached hydrogens (tertiary/aromatic N) is 1. The molecule has 0 fully saturated rings. The van der Waals surface area contributed by atoms with Gasteiger partial charge < -0.3 is 4.55 Å². The van der Waals surface area contributed by atoms with E-state index >= 15 is 0 Å². The first-order chi connectivity index (χ1) is 8.70. The van der Waals surface area contributed by atoms with Crippen LogP contribution in [-0.4, -0.2) is 15.0 Å². The second kappa shape index (κ2) is 6.98. The smallest absolute Gasteiger partial charge is 0.144 e. The van der Waals surface area contributed by atoms with Crippen LogP contribution >= 0.6 is 23.2 Å². The average Bonchev–Trinajstić information content (AvgIpc) is 2.29. The van der Waals surface area contributed by atoms with Crippen molar-refractivity contribution >= 4 is 40.3 Å². The van der Waals surface area contributed by atoms with E-state index in [1.165, 1.54) is 0 Å². The highest BCUT2D eigenvalue weighted by molar-refractivity contribution is 7.91. The molecule has 0 aliphatic carbocycles. The van der Waals surface area contributed by atoms with E-state index in [4.69, 9.17) is 23.2 Å². The maximum absolute atomic E-state index is 11.9. The highest BCUT2D eigenvalue weighted by Crippen LogP contribution is 2.23. The van der Waals surface area contributed by atoms with Crippen LogP contribution in [-0.2, 0) is 17.8 Å². The molecule has 106 valence electrons. The molecule has 1 aromatic carbocycles. The molecule has 5 heteroatoms. The Hall–Kier alpha value is -0.220. The predicted molar refractivity (Wildman–Crippen MR) is 85.8 cm³/mol. The van der Waals surface area contributed by atoms with Crippen molar-refractivity contribution in [2.75, 3.05) is 0 Å². The summed E-state index contributed by atoms with van der Waals surface area (Å²) in [7, 11) is 0. The Bertz CT molecular complexity index is 469. The monoisotopic (exact) mass is 319 g/mol. The number of aryl methyl sites for hydroxylation is 1. The molecule has 0 saturated carbocycles. The number of hydrogen-bond acceptors (Lipinski definition) is 2. The lowest BCUT2D eigenvalue weighted by Crippen LogP contribution is -2.26. The van der Waals surface area contributed by atoms with Crippen LogP contribution in [0.5, 0.6) is 0 Å². The van der Waals surface area contributed by atoms with Gasteiger partial charge in [0.15, 0.2) is 0 Å². The summed E-state index contributed by atoms with van der Waals surface area (Å²) in [6.07, 6.45) is 1.58. The van der Waals surface area contributed by atoms with Crippen LogP contribution in [0, 0.1) is 0 Å². The Morgan fingerprint density at radius 2 is 1.89 bits per heavy atom. The summed E-state index contributed by atoms with van der Waals surface area (Å²) in [5.41, 5.74) is 1.99. The lowest BCUT2D eigenvalue weighted by atomic mass is 10.1. The van der Waals surface area contributed by atoms with Gasteiger partial charge in [-0.15, -0.1) is 0 Å². The van der Waals surface area contributed by atoms with Gasteiger partial charge in [0.2, 0.25) is 0 Å². The van der Waals surface area contributed by atoms with Crippen molar-refractivity contribution in [3.63, 3.8) is 0 Å². The van der Waals surface area contributed by atoms with Crippen LogP contribution in [0.2, 0.25) is 10.0 Å². The third kappa shape index (κ3) is 5.74. The molecule has 1 rings (SSSR count). The van der Waals surface area contributed by atoms with E-state index in [9.17, 15) is 4.55 Å². The molecule has 0 N–H and O–H groups in total. The quantitative estimate of drug-likeness (QED) is 0.577. The van der Waals surface area contributed by atoms with Crippen molar-refractivity contribution in [3.8, 4) is 0 Å². The Kier molecular flexibility index (Phi) is 6.18. The van der Waals surface area contributed by atoms with Gasteiger partial charge in [0, 0.05) is 0 Å². The van der Waals surface area contributed by atoms with Gasteiger partial charge >= 0.3 is 0 Å². The topological polar surface area (TPSA) is 35.4 Å². The van der Waals surface area contributed by atoms with Gasteiger partial charge in [0.1, 0.15) is 16.1 Å². The molecule has 1 unspecified atom stereocenters. The van der Waals surface area contributed by atoms with E-state index in [1.54, 1.807) is 6.07 Å². The molecule has 0 radical (unpaired) electrons. The molecule has 0 aliphatic heterocycles. The molecule has 0 bridgehead atoms. The van der Waals surface area contributed by atoms with Crippen molar-refractivity contribution in [2.24, 2.45) is 4.40 Å². The van der Waals surface area contributed by atoms with E-state index in [2.05, 4.69) is 4.40 Å². The van der Waals surface area contributed by atoms with Gasteiger partial charge in [-0.25, -0.2) is 0 Å². The van der Waals surface area contributed by atoms with Gasteiger partial charge in [-0.05, 0) is 58.2 Å². The third-order valence-corrected chi connectivity index (χ3v) is 4.79. The Balaban J connectivity index is 2.61. The molecule has 0 aliphatic rings.